The molecule has 2 aromatic carbocycles. The number of fused-ring (bicyclic) bond motifs is 2. The summed E-state index contributed by atoms with van der Waals surface area (Å²) in [5.41, 5.74) is 4.64. The summed E-state index contributed by atoms with van der Waals surface area (Å²) >= 11 is 0. The molecule has 1 heterocycles. The monoisotopic (exact) mass is 483 g/mol. The van der Waals surface area contributed by atoms with Crippen LogP contribution < -0.4 is 0 Å². The maximum atomic E-state index is 15.0. The van der Waals surface area contributed by atoms with E-state index in [4.69, 9.17) is 0 Å². The van der Waals surface area contributed by atoms with Crippen molar-refractivity contribution in [3.05, 3.63) is 71.5 Å². The summed E-state index contributed by atoms with van der Waals surface area (Å²) in [6, 6.07) is 10.0. The number of aromatic nitrogens is 1. The van der Waals surface area contributed by atoms with E-state index in [0.717, 1.165) is 38.7 Å². The number of pyridine rings is 1. The van der Waals surface area contributed by atoms with Gasteiger partial charge in [0.15, 0.2) is 0 Å². The molecule has 0 atom stereocenters. The van der Waals surface area contributed by atoms with Crippen LogP contribution in [-0.2, 0) is 25.5 Å². The number of hydrogen-bond acceptors (Lipinski definition) is 1. The van der Waals surface area contributed by atoms with E-state index < -0.39 is 5.41 Å². The fourth-order valence-corrected chi connectivity index (χ4v) is 3.80. The summed E-state index contributed by atoms with van der Waals surface area (Å²) in [5.74, 6) is -0.138. The van der Waals surface area contributed by atoms with Gasteiger partial charge < -0.3 is 0 Å². The summed E-state index contributed by atoms with van der Waals surface area (Å²) in [6.07, 6.45) is 1.79. The quantitative estimate of drug-likeness (QED) is 0.403. The Labute approximate surface area is 149 Å². The van der Waals surface area contributed by atoms with Gasteiger partial charge in [-0.25, -0.2) is 4.39 Å². The fraction of sp³-hybridized carbons (Fsp3) is 0.200. The summed E-state index contributed by atoms with van der Waals surface area (Å²) < 4.78 is 15.0. The molecule has 0 spiro atoms. The molecular formula is C20H17FIrN-. The molecule has 0 amide bonds. The second kappa shape index (κ2) is 5.15. The normalized spacial score (nSPS) is 14.3. The smallest absolute Gasteiger partial charge is 0.106 e. The van der Waals surface area contributed by atoms with Gasteiger partial charge in [-0.2, -0.15) is 18.6 Å². The van der Waals surface area contributed by atoms with Gasteiger partial charge in [-0.1, -0.05) is 43.2 Å². The zero-order valence-electron chi connectivity index (χ0n) is 13.3. The SMILES string of the molecule is [CH2-]c1cc(C)c(F)c2c1-c1nccc3cccc(c13)C2(C)C.[Ir]. The molecule has 1 aliphatic carbocycles. The van der Waals surface area contributed by atoms with Gasteiger partial charge in [0.05, 0.1) is 0 Å². The topological polar surface area (TPSA) is 12.9 Å². The van der Waals surface area contributed by atoms with E-state index in [1.54, 1.807) is 13.1 Å². The minimum Gasteiger partial charge on any atom is -0.269 e. The van der Waals surface area contributed by atoms with Crippen LogP contribution in [0.1, 0.15) is 36.1 Å². The molecular weight excluding hydrogens is 465 g/mol. The van der Waals surface area contributed by atoms with Crippen molar-refractivity contribution in [1.82, 2.24) is 4.98 Å². The van der Waals surface area contributed by atoms with Crippen LogP contribution in [0.15, 0.2) is 36.5 Å². The van der Waals surface area contributed by atoms with E-state index in [0.29, 0.717) is 5.56 Å². The van der Waals surface area contributed by atoms with Crippen molar-refractivity contribution in [3.63, 3.8) is 0 Å². The largest absolute Gasteiger partial charge is 0.269 e. The van der Waals surface area contributed by atoms with Crippen molar-refractivity contribution < 1.29 is 24.5 Å². The molecule has 1 radical (unpaired) electrons. The van der Waals surface area contributed by atoms with Gasteiger partial charge in [-0.15, -0.1) is 0 Å². The molecule has 4 rings (SSSR count). The Balaban J connectivity index is 0.00000156. The molecule has 3 heteroatoms. The average Bonchev–Trinajstić information content (AvgIpc) is 2.48. The summed E-state index contributed by atoms with van der Waals surface area (Å²) in [7, 11) is 0. The molecule has 3 aromatic rings. The molecule has 1 nitrogen and oxygen atoms in total. The fourth-order valence-electron chi connectivity index (χ4n) is 3.80. The molecule has 0 saturated carbocycles. The third-order valence-corrected chi connectivity index (χ3v) is 4.85. The van der Waals surface area contributed by atoms with E-state index >= 15 is 0 Å². The predicted molar refractivity (Wildman–Crippen MR) is 88.5 cm³/mol. The molecule has 0 N–H and O–H groups in total. The first-order valence-corrected chi connectivity index (χ1v) is 7.47. The van der Waals surface area contributed by atoms with Crippen molar-refractivity contribution in [1.29, 1.82) is 0 Å². The molecule has 119 valence electrons. The van der Waals surface area contributed by atoms with Crippen LogP contribution >= 0.6 is 0 Å². The van der Waals surface area contributed by atoms with Crippen molar-refractivity contribution in [2.24, 2.45) is 0 Å². The van der Waals surface area contributed by atoms with E-state index in [-0.39, 0.29) is 25.9 Å². The maximum Gasteiger partial charge on any atom is 0.106 e. The Morgan fingerprint density at radius 1 is 1.17 bits per heavy atom. The summed E-state index contributed by atoms with van der Waals surface area (Å²) in [4.78, 5) is 4.57. The first-order chi connectivity index (χ1) is 10.4. The Morgan fingerprint density at radius 3 is 2.65 bits per heavy atom. The predicted octanol–water partition coefficient (Wildman–Crippen LogP) is 5.17. The number of benzene rings is 2. The van der Waals surface area contributed by atoms with Crippen LogP contribution in [0.2, 0.25) is 0 Å². The van der Waals surface area contributed by atoms with E-state index in [1.165, 1.54) is 0 Å². The molecule has 0 saturated heterocycles. The standard InChI is InChI=1S/C20H17FN.Ir/c1-11-10-12(2)18(21)17-15(11)19-16-13(8-9-22-19)6-5-7-14(16)20(17,3)4;/h5-10H,1H2,2-4H3;/q-1;. The maximum absolute atomic E-state index is 15.0. The molecule has 0 unspecified atom stereocenters. The molecule has 23 heavy (non-hydrogen) atoms. The number of nitrogens with zero attached hydrogens (tertiary/aromatic N) is 1. The van der Waals surface area contributed by atoms with Crippen LogP contribution in [0.3, 0.4) is 0 Å². The molecule has 0 aliphatic heterocycles. The molecule has 0 bridgehead atoms. The Kier molecular flexibility index (Phi) is 3.62. The van der Waals surface area contributed by atoms with Crippen molar-refractivity contribution in [2.75, 3.05) is 0 Å². The number of halogens is 1. The second-order valence-corrected chi connectivity index (χ2v) is 6.60. The van der Waals surface area contributed by atoms with Gasteiger partial charge >= 0.3 is 0 Å². The van der Waals surface area contributed by atoms with Crippen LogP contribution in [0.4, 0.5) is 4.39 Å². The average molecular weight is 483 g/mol. The minimum absolute atomic E-state index is 0. The zero-order valence-corrected chi connectivity index (χ0v) is 15.7. The Morgan fingerprint density at radius 2 is 1.91 bits per heavy atom. The van der Waals surface area contributed by atoms with Crippen LogP contribution in [0.25, 0.3) is 22.0 Å². The first-order valence-electron chi connectivity index (χ1n) is 7.47. The zero-order chi connectivity index (χ0) is 15.6. The molecule has 0 fully saturated rings. The van der Waals surface area contributed by atoms with Crippen LogP contribution in [0, 0.1) is 19.7 Å². The van der Waals surface area contributed by atoms with Gasteiger partial charge in [0, 0.05) is 37.4 Å². The van der Waals surface area contributed by atoms with Crippen LogP contribution in [-0.4, -0.2) is 4.98 Å². The minimum atomic E-state index is -0.409. The van der Waals surface area contributed by atoms with E-state index in [9.17, 15) is 4.39 Å². The Bertz CT molecular complexity index is 939. The van der Waals surface area contributed by atoms with Gasteiger partial charge in [0.1, 0.15) is 5.82 Å². The van der Waals surface area contributed by atoms with Gasteiger partial charge in [0.25, 0.3) is 0 Å². The Hall–Kier alpha value is -1.70. The van der Waals surface area contributed by atoms with E-state index in [2.05, 4.69) is 37.9 Å². The third kappa shape index (κ3) is 2.00. The van der Waals surface area contributed by atoms with Crippen molar-refractivity contribution in [3.8, 4) is 11.3 Å². The van der Waals surface area contributed by atoms with Crippen molar-refractivity contribution in [2.45, 2.75) is 26.2 Å². The van der Waals surface area contributed by atoms with Gasteiger partial charge in [0.2, 0.25) is 0 Å². The molecule has 1 aromatic heterocycles. The van der Waals surface area contributed by atoms with Gasteiger partial charge in [-0.05, 0) is 34.9 Å². The number of rotatable bonds is 0. The number of hydrogen-bond donors (Lipinski definition) is 0. The second-order valence-electron chi connectivity index (χ2n) is 6.60. The summed E-state index contributed by atoms with van der Waals surface area (Å²) in [5, 5.41) is 2.26. The molecule has 1 aliphatic rings. The van der Waals surface area contributed by atoms with Crippen molar-refractivity contribution >= 4 is 10.8 Å². The van der Waals surface area contributed by atoms with Crippen LogP contribution in [0.5, 0.6) is 0 Å². The third-order valence-electron chi connectivity index (χ3n) is 4.85. The number of aryl methyl sites for hydroxylation is 1. The van der Waals surface area contributed by atoms with Gasteiger partial charge in [-0.3, -0.25) is 4.98 Å². The summed E-state index contributed by atoms with van der Waals surface area (Å²) in [6.45, 7) is 10.1. The van der Waals surface area contributed by atoms with E-state index in [1.807, 2.05) is 18.2 Å². The first kappa shape index (κ1) is 16.2.